The van der Waals surface area contributed by atoms with Gasteiger partial charge >= 0.3 is 6.03 Å². The molecule has 0 saturated carbocycles. The van der Waals surface area contributed by atoms with E-state index in [4.69, 9.17) is 0 Å². The lowest BCUT2D eigenvalue weighted by Gasteiger charge is -2.20. The number of nitrogens with one attached hydrogen (secondary N) is 1. The minimum atomic E-state index is 0.113. The summed E-state index contributed by atoms with van der Waals surface area (Å²) in [5.41, 5.74) is 0. The van der Waals surface area contributed by atoms with Gasteiger partial charge in [-0.1, -0.05) is 13.8 Å². The number of rotatable bonds is 2. The predicted octanol–water partition coefficient (Wildman–Crippen LogP) is 1.93. The summed E-state index contributed by atoms with van der Waals surface area (Å²) in [5, 5.41) is 3.62. The van der Waals surface area contributed by atoms with Crippen molar-refractivity contribution in [3.8, 4) is 0 Å². The maximum absolute atomic E-state index is 11.6. The van der Waals surface area contributed by atoms with Crippen LogP contribution in [0.5, 0.6) is 0 Å². The zero-order valence-corrected chi connectivity index (χ0v) is 9.90. The average molecular weight is 216 g/mol. The van der Waals surface area contributed by atoms with Crippen LogP contribution < -0.4 is 5.32 Å². The highest BCUT2D eigenvalue weighted by atomic mass is 32.2. The van der Waals surface area contributed by atoms with Crippen molar-refractivity contribution in [3.63, 3.8) is 0 Å². The highest BCUT2D eigenvalue weighted by Gasteiger charge is 2.17. The maximum atomic E-state index is 11.6. The minimum Gasteiger partial charge on any atom is -0.338 e. The van der Waals surface area contributed by atoms with Crippen LogP contribution in [-0.4, -0.2) is 41.6 Å². The Labute approximate surface area is 90.6 Å². The molecule has 1 saturated heterocycles. The van der Waals surface area contributed by atoms with Crippen molar-refractivity contribution in [2.75, 3.05) is 25.4 Å². The van der Waals surface area contributed by atoms with Crippen LogP contribution in [0, 0.1) is 0 Å². The van der Waals surface area contributed by atoms with Crippen molar-refractivity contribution in [2.45, 2.75) is 31.9 Å². The Kier molecular flexibility index (Phi) is 5.15. The number of hydrogen-bond donors (Lipinski definition) is 1. The molecule has 1 rings (SSSR count). The average Bonchev–Trinajstić information content (AvgIpc) is 2.39. The highest BCUT2D eigenvalue weighted by Crippen LogP contribution is 2.18. The van der Waals surface area contributed by atoms with E-state index in [2.05, 4.69) is 19.2 Å². The summed E-state index contributed by atoms with van der Waals surface area (Å²) < 4.78 is 0. The first-order valence-electron chi connectivity index (χ1n) is 5.38. The van der Waals surface area contributed by atoms with Crippen LogP contribution in [0.3, 0.4) is 0 Å². The summed E-state index contributed by atoms with van der Waals surface area (Å²) in [6.45, 7) is 6.89. The van der Waals surface area contributed by atoms with Gasteiger partial charge in [0.15, 0.2) is 0 Å². The molecule has 0 aromatic carbocycles. The van der Waals surface area contributed by atoms with E-state index in [1.54, 1.807) is 0 Å². The molecular formula is C10H20N2OS. The molecule has 4 heteroatoms. The van der Waals surface area contributed by atoms with Crippen LogP contribution in [0.25, 0.3) is 0 Å². The van der Waals surface area contributed by atoms with Crippen molar-refractivity contribution in [1.82, 2.24) is 10.2 Å². The molecule has 1 N–H and O–H groups in total. The molecule has 0 bridgehead atoms. The Morgan fingerprint density at radius 3 is 3.07 bits per heavy atom. The lowest BCUT2D eigenvalue weighted by molar-refractivity contribution is 0.201. The topological polar surface area (TPSA) is 32.3 Å². The first-order chi connectivity index (χ1) is 6.74. The molecule has 0 aromatic rings. The van der Waals surface area contributed by atoms with Gasteiger partial charge in [0.05, 0.1) is 0 Å². The number of amides is 2. The maximum Gasteiger partial charge on any atom is 0.317 e. The highest BCUT2D eigenvalue weighted by molar-refractivity contribution is 7.99. The molecule has 82 valence electrons. The largest absolute Gasteiger partial charge is 0.338 e. The van der Waals surface area contributed by atoms with Gasteiger partial charge < -0.3 is 10.2 Å². The van der Waals surface area contributed by atoms with Gasteiger partial charge in [-0.05, 0) is 12.8 Å². The molecule has 1 aliphatic rings. The van der Waals surface area contributed by atoms with Crippen LogP contribution in [0.15, 0.2) is 0 Å². The third kappa shape index (κ3) is 3.78. The number of carbonyl (C=O) groups excluding carboxylic acids is 1. The van der Waals surface area contributed by atoms with Crippen LogP contribution in [0.1, 0.15) is 26.7 Å². The minimum absolute atomic E-state index is 0.113. The lowest BCUT2D eigenvalue weighted by Crippen LogP contribution is -2.41. The lowest BCUT2D eigenvalue weighted by atomic mass is 10.3. The van der Waals surface area contributed by atoms with E-state index in [1.165, 1.54) is 0 Å². The second kappa shape index (κ2) is 6.17. The summed E-state index contributed by atoms with van der Waals surface area (Å²) in [5.74, 6) is 1.07. The van der Waals surface area contributed by atoms with E-state index in [1.807, 2.05) is 16.7 Å². The molecule has 2 amide bonds. The second-order valence-corrected chi connectivity index (χ2v) is 5.24. The second-order valence-electron chi connectivity index (χ2n) is 3.69. The number of hydrogen-bond acceptors (Lipinski definition) is 2. The SMILES string of the molecule is CCCNC(=O)N1CCSC(C)CC1. The summed E-state index contributed by atoms with van der Waals surface area (Å²) in [6, 6.07) is 0.113. The summed E-state index contributed by atoms with van der Waals surface area (Å²) in [4.78, 5) is 13.6. The molecule has 1 unspecified atom stereocenters. The van der Waals surface area contributed by atoms with Crippen molar-refractivity contribution < 1.29 is 4.79 Å². The first-order valence-corrected chi connectivity index (χ1v) is 6.43. The molecule has 0 aliphatic carbocycles. The summed E-state index contributed by atoms with van der Waals surface area (Å²) >= 11 is 1.96. The molecule has 0 spiro atoms. The van der Waals surface area contributed by atoms with Crippen molar-refractivity contribution in [1.29, 1.82) is 0 Å². The number of nitrogens with zero attached hydrogens (tertiary/aromatic N) is 1. The Balaban J connectivity index is 2.31. The van der Waals surface area contributed by atoms with Gasteiger partial charge in [0.25, 0.3) is 0 Å². The smallest absolute Gasteiger partial charge is 0.317 e. The van der Waals surface area contributed by atoms with E-state index in [9.17, 15) is 4.79 Å². The Morgan fingerprint density at radius 1 is 1.57 bits per heavy atom. The molecule has 0 aromatic heterocycles. The normalized spacial score (nSPS) is 23.0. The van der Waals surface area contributed by atoms with Crippen LogP contribution in [-0.2, 0) is 0 Å². The van der Waals surface area contributed by atoms with Crippen molar-refractivity contribution in [2.24, 2.45) is 0 Å². The quantitative estimate of drug-likeness (QED) is 0.765. The van der Waals surface area contributed by atoms with E-state index >= 15 is 0 Å². The van der Waals surface area contributed by atoms with Gasteiger partial charge in [-0.15, -0.1) is 0 Å². The predicted molar refractivity (Wildman–Crippen MR) is 61.8 cm³/mol. The summed E-state index contributed by atoms with van der Waals surface area (Å²) in [7, 11) is 0. The van der Waals surface area contributed by atoms with E-state index in [0.29, 0.717) is 5.25 Å². The molecule has 1 fully saturated rings. The van der Waals surface area contributed by atoms with E-state index in [0.717, 1.165) is 38.2 Å². The molecule has 0 radical (unpaired) electrons. The van der Waals surface area contributed by atoms with E-state index in [-0.39, 0.29) is 6.03 Å². The molecule has 3 nitrogen and oxygen atoms in total. The fourth-order valence-corrected chi connectivity index (χ4v) is 2.44. The van der Waals surface area contributed by atoms with Crippen molar-refractivity contribution in [3.05, 3.63) is 0 Å². The summed E-state index contributed by atoms with van der Waals surface area (Å²) in [6.07, 6.45) is 2.12. The van der Waals surface area contributed by atoms with Gasteiger partial charge in [-0.3, -0.25) is 0 Å². The molecule has 1 atom stereocenters. The Morgan fingerprint density at radius 2 is 2.36 bits per heavy atom. The van der Waals surface area contributed by atoms with Crippen LogP contribution in [0.4, 0.5) is 4.79 Å². The Bertz CT molecular complexity index is 187. The molecule has 1 aliphatic heterocycles. The molecular weight excluding hydrogens is 196 g/mol. The number of carbonyl (C=O) groups is 1. The zero-order valence-electron chi connectivity index (χ0n) is 9.08. The fourth-order valence-electron chi connectivity index (χ4n) is 1.44. The van der Waals surface area contributed by atoms with Crippen LogP contribution in [0.2, 0.25) is 0 Å². The third-order valence-electron chi connectivity index (χ3n) is 2.38. The first kappa shape index (κ1) is 11.7. The Hall–Kier alpha value is -0.380. The van der Waals surface area contributed by atoms with E-state index < -0.39 is 0 Å². The van der Waals surface area contributed by atoms with Crippen molar-refractivity contribution >= 4 is 17.8 Å². The van der Waals surface area contributed by atoms with Gasteiger partial charge in [0, 0.05) is 30.6 Å². The fraction of sp³-hybridized carbons (Fsp3) is 0.900. The number of thioether (sulfide) groups is 1. The van der Waals surface area contributed by atoms with Gasteiger partial charge in [0.2, 0.25) is 0 Å². The van der Waals surface area contributed by atoms with Gasteiger partial charge in [0.1, 0.15) is 0 Å². The standard InChI is InChI=1S/C10H20N2OS/c1-3-5-11-10(13)12-6-4-9(2)14-8-7-12/h9H,3-8H2,1-2H3,(H,11,13). The zero-order chi connectivity index (χ0) is 10.4. The number of urea groups is 1. The third-order valence-corrected chi connectivity index (χ3v) is 3.61. The van der Waals surface area contributed by atoms with Gasteiger partial charge in [-0.25, -0.2) is 4.79 Å². The van der Waals surface area contributed by atoms with Crippen LogP contribution >= 0.6 is 11.8 Å². The molecule has 1 heterocycles. The monoisotopic (exact) mass is 216 g/mol. The molecule has 14 heavy (non-hydrogen) atoms. The van der Waals surface area contributed by atoms with Gasteiger partial charge in [-0.2, -0.15) is 11.8 Å².